The van der Waals surface area contributed by atoms with Crippen LogP contribution >= 0.6 is 11.6 Å². The summed E-state index contributed by atoms with van der Waals surface area (Å²) in [6.45, 7) is 15.0. The van der Waals surface area contributed by atoms with Crippen molar-refractivity contribution in [3.63, 3.8) is 0 Å². The molecule has 0 saturated heterocycles. The molecule has 0 aliphatic rings. The Bertz CT molecular complexity index is 2220. The zero-order chi connectivity index (χ0) is 35.9. The maximum atomic E-state index is 5.94. The largest absolute Gasteiger partial charge is 0.323 e. The Morgan fingerprint density at radius 1 is 0.608 bits per heavy atom. The Balaban J connectivity index is 0.000000187. The Morgan fingerprint density at radius 3 is 1.75 bits per heavy atom. The van der Waals surface area contributed by atoms with E-state index in [0.717, 1.165) is 75.8 Å². The molecule has 7 aromatic heterocycles. The van der Waals surface area contributed by atoms with Crippen LogP contribution in [0.15, 0.2) is 85.8 Å². The molecule has 12 heteroatoms. The molecule has 0 amide bonds. The van der Waals surface area contributed by atoms with E-state index >= 15 is 0 Å². The highest BCUT2D eigenvalue weighted by Crippen LogP contribution is 2.25. The second-order valence-corrected chi connectivity index (χ2v) is 14.2. The fourth-order valence-corrected chi connectivity index (χ4v) is 5.47. The van der Waals surface area contributed by atoms with Crippen LogP contribution in [-0.2, 0) is 13.1 Å². The molecular formula is C39H44ClN11. The van der Waals surface area contributed by atoms with Crippen molar-refractivity contribution in [3.8, 4) is 22.3 Å². The predicted molar refractivity (Wildman–Crippen MR) is 205 cm³/mol. The molecule has 7 heterocycles. The highest BCUT2D eigenvalue weighted by Gasteiger charge is 2.09. The van der Waals surface area contributed by atoms with Crippen LogP contribution in [-0.4, -0.2) is 49.7 Å². The van der Waals surface area contributed by atoms with Crippen LogP contribution in [0.5, 0.6) is 0 Å². The summed E-state index contributed by atoms with van der Waals surface area (Å²) in [6.07, 6.45) is 15.6. The van der Waals surface area contributed by atoms with Crippen LogP contribution in [0.1, 0.15) is 65.9 Å². The molecule has 262 valence electrons. The molecule has 11 nitrogen and oxygen atoms in total. The third kappa shape index (κ3) is 9.49. The molecule has 0 atom stereocenters. The monoisotopic (exact) mass is 701 g/mol. The van der Waals surface area contributed by atoms with Crippen molar-refractivity contribution >= 4 is 45.3 Å². The first-order chi connectivity index (χ1) is 24.6. The second-order valence-electron chi connectivity index (χ2n) is 13.9. The SMILES string of the molecule is CC(C)CCn1cc(-c2cnc3ccc(Cl)nc3c2)cn1.CC(C)CCn1cc(-c2cnc3ccc(Nc4cc(C(C)C)cnn4)nc3c2)cn1. The molecule has 0 fully saturated rings. The Labute approximate surface area is 303 Å². The molecule has 0 radical (unpaired) electrons. The number of nitrogens with zero attached hydrogens (tertiary/aromatic N) is 10. The molecule has 0 aliphatic carbocycles. The summed E-state index contributed by atoms with van der Waals surface area (Å²) < 4.78 is 3.97. The first kappa shape index (κ1) is 35.5. The van der Waals surface area contributed by atoms with Gasteiger partial charge in [-0.2, -0.15) is 15.3 Å². The fraction of sp³-hybridized carbons (Fsp3) is 0.333. The average molecular weight is 702 g/mol. The maximum absolute atomic E-state index is 5.94. The van der Waals surface area contributed by atoms with Gasteiger partial charge in [-0.3, -0.25) is 19.3 Å². The zero-order valence-corrected chi connectivity index (χ0v) is 30.7. The van der Waals surface area contributed by atoms with Gasteiger partial charge in [0.2, 0.25) is 0 Å². The van der Waals surface area contributed by atoms with E-state index < -0.39 is 0 Å². The van der Waals surface area contributed by atoms with Gasteiger partial charge in [-0.1, -0.05) is 53.1 Å². The lowest BCUT2D eigenvalue weighted by Crippen LogP contribution is -2.01. The van der Waals surface area contributed by atoms with E-state index in [0.29, 0.717) is 34.5 Å². The number of rotatable bonds is 11. The fourth-order valence-electron chi connectivity index (χ4n) is 5.31. The van der Waals surface area contributed by atoms with Crippen molar-refractivity contribution < 1.29 is 0 Å². The standard InChI is InChI=1S/C23H27N7.C16H17ClN4/c1-15(2)7-8-30-14-19(13-26-30)18-9-21-20(24-11-18)5-6-22(27-21)28-23-10-17(16(3)4)12-25-29-23;1-11(2)5-6-21-10-13(9-19-21)12-7-15-14(18-8-12)3-4-16(17)20-15/h5-6,9-16H,7-8H2,1-4H3,(H,27,28,29);3-4,7-11H,5-6H2,1-2H3. The van der Waals surface area contributed by atoms with E-state index in [1.54, 1.807) is 12.3 Å². The third-order valence-corrected chi connectivity index (χ3v) is 8.65. The van der Waals surface area contributed by atoms with Gasteiger partial charge in [0.1, 0.15) is 11.0 Å². The quantitative estimate of drug-likeness (QED) is 0.131. The van der Waals surface area contributed by atoms with E-state index in [2.05, 4.69) is 94.6 Å². The van der Waals surface area contributed by atoms with Gasteiger partial charge >= 0.3 is 0 Å². The van der Waals surface area contributed by atoms with Crippen molar-refractivity contribution in [1.82, 2.24) is 49.7 Å². The minimum absolute atomic E-state index is 0.388. The van der Waals surface area contributed by atoms with Crippen molar-refractivity contribution in [3.05, 3.63) is 96.6 Å². The molecule has 0 spiro atoms. The van der Waals surface area contributed by atoms with Crippen molar-refractivity contribution in [2.75, 3.05) is 5.32 Å². The van der Waals surface area contributed by atoms with Gasteiger partial charge in [0.25, 0.3) is 0 Å². The molecular weight excluding hydrogens is 658 g/mol. The first-order valence-electron chi connectivity index (χ1n) is 17.4. The summed E-state index contributed by atoms with van der Waals surface area (Å²) in [7, 11) is 0. The predicted octanol–water partition coefficient (Wildman–Crippen LogP) is 9.39. The number of hydrogen-bond acceptors (Lipinski definition) is 9. The van der Waals surface area contributed by atoms with E-state index in [1.165, 1.54) is 0 Å². The van der Waals surface area contributed by atoms with Crippen molar-refractivity contribution in [2.24, 2.45) is 11.8 Å². The number of anilines is 2. The number of pyridine rings is 4. The molecule has 0 saturated carbocycles. The lowest BCUT2D eigenvalue weighted by atomic mass is 10.1. The Morgan fingerprint density at radius 2 is 1.18 bits per heavy atom. The summed E-state index contributed by atoms with van der Waals surface area (Å²) in [6, 6.07) is 13.5. The number of nitrogens with one attached hydrogen (secondary N) is 1. The lowest BCUT2D eigenvalue weighted by Gasteiger charge is -2.09. The molecule has 7 aromatic rings. The van der Waals surface area contributed by atoms with Crippen LogP contribution in [0.3, 0.4) is 0 Å². The second kappa shape index (κ2) is 16.2. The normalized spacial score (nSPS) is 11.5. The van der Waals surface area contributed by atoms with E-state index in [1.807, 2.05) is 70.5 Å². The van der Waals surface area contributed by atoms with Gasteiger partial charge in [0.15, 0.2) is 5.82 Å². The highest BCUT2D eigenvalue weighted by molar-refractivity contribution is 6.29. The first-order valence-corrected chi connectivity index (χ1v) is 17.8. The van der Waals surface area contributed by atoms with E-state index in [4.69, 9.17) is 16.6 Å². The minimum atomic E-state index is 0.388. The van der Waals surface area contributed by atoms with Gasteiger partial charge in [0, 0.05) is 60.1 Å². The number of fused-ring (bicyclic) bond motifs is 2. The van der Waals surface area contributed by atoms with E-state index in [-0.39, 0.29) is 0 Å². The smallest absolute Gasteiger partial charge is 0.154 e. The van der Waals surface area contributed by atoms with Crippen LogP contribution < -0.4 is 5.32 Å². The molecule has 0 aliphatic heterocycles. The van der Waals surface area contributed by atoms with Gasteiger partial charge in [-0.25, -0.2) is 9.97 Å². The summed E-state index contributed by atoms with van der Waals surface area (Å²) in [5.41, 5.74) is 8.55. The number of hydrogen-bond donors (Lipinski definition) is 1. The van der Waals surface area contributed by atoms with Crippen molar-refractivity contribution in [2.45, 2.75) is 73.4 Å². The van der Waals surface area contributed by atoms with Crippen LogP contribution in [0.25, 0.3) is 44.3 Å². The molecule has 51 heavy (non-hydrogen) atoms. The Kier molecular flexibility index (Phi) is 11.3. The number of halogens is 1. The van der Waals surface area contributed by atoms with Crippen LogP contribution in [0, 0.1) is 11.8 Å². The lowest BCUT2D eigenvalue weighted by molar-refractivity contribution is 0.487. The molecule has 0 aromatic carbocycles. The number of aromatic nitrogens is 10. The summed E-state index contributed by atoms with van der Waals surface area (Å²) in [5.74, 6) is 3.11. The number of aryl methyl sites for hydroxylation is 2. The topological polar surface area (TPSA) is 125 Å². The highest BCUT2D eigenvalue weighted by atomic mass is 35.5. The third-order valence-electron chi connectivity index (χ3n) is 8.44. The molecule has 7 rings (SSSR count). The van der Waals surface area contributed by atoms with Gasteiger partial charge in [0.05, 0.1) is 40.7 Å². The van der Waals surface area contributed by atoms with Crippen LogP contribution in [0.2, 0.25) is 5.15 Å². The van der Waals surface area contributed by atoms with Gasteiger partial charge < -0.3 is 5.32 Å². The maximum Gasteiger partial charge on any atom is 0.154 e. The van der Waals surface area contributed by atoms with E-state index in [9.17, 15) is 0 Å². The Hall–Kier alpha value is -5.29. The minimum Gasteiger partial charge on any atom is -0.323 e. The molecule has 0 bridgehead atoms. The van der Waals surface area contributed by atoms with Crippen LogP contribution in [0.4, 0.5) is 11.6 Å². The van der Waals surface area contributed by atoms with Gasteiger partial charge in [-0.05, 0) is 78.6 Å². The summed E-state index contributed by atoms with van der Waals surface area (Å²) in [5, 5.41) is 20.9. The molecule has 0 unspecified atom stereocenters. The van der Waals surface area contributed by atoms with Gasteiger partial charge in [-0.15, -0.1) is 5.10 Å². The zero-order valence-electron chi connectivity index (χ0n) is 30.0. The average Bonchev–Trinajstić information content (AvgIpc) is 3.80. The summed E-state index contributed by atoms with van der Waals surface area (Å²) >= 11 is 5.94. The molecule has 1 N–H and O–H groups in total. The van der Waals surface area contributed by atoms with Crippen molar-refractivity contribution in [1.29, 1.82) is 0 Å². The summed E-state index contributed by atoms with van der Waals surface area (Å²) in [4.78, 5) is 18.0.